The minimum Gasteiger partial charge on any atom is -0.352 e. The first-order valence-corrected chi connectivity index (χ1v) is 7.10. The van der Waals surface area contributed by atoms with Gasteiger partial charge in [-0.25, -0.2) is 0 Å². The van der Waals surface area contributed by atoms with E-state index in [2.05, 4.69) is 21.2 Å². The van der Waals surface area contributed by atoms with Gasteiger partial charge >= 0.3 is 0 Å². The maximum absolute atomic E-state index is 12.2. The second-order valence-electron chi connectivity index (χ2n) is 4.50. The van der Waals surface area contributed by atoms with Crippen LogP contribution in [0.5, 0.6) is 0 Å². The van der Waals surface area contributed by atoms with E-state index in [1.165, 1.54) is 0 Å². The van der Waals surface area contributed by atoms with E-state index in [4.69, 9.17) is 5.73 Å². The minimum atomic E-state index is -0.425. The SMILES string of the molecule is CCC(CC)(CN)C(=O)NCc1cccc(Br)c1.Cl. The maximum atomic E-state index is 12.2. The summed E-state index contributed by atoms with van der Waals surface area (Å²) in [6.45, 7) is 4.95. The van der Waals surface area contributed by atoms with E-state index in [-0.39, 0.29) is 18.3 Å². The molecule has 0 radical (unpaired) electrons. The first-order chi connectivity index (χ1) is 8.57. The summed E-state index contributed by atoms with van der Waals surface area (Å²) in [6.07, 6.45) is 1.54. The van der Waals surface area contributed by atoms with Gasteiger partial charge in [-0.2, -0.15) is 0 Å². The lowest BCUT2D eigenvalue weighted by Gasteiger charge is -2.28. The second-order valence-corrected chi connectivity index (χ2v) is 5.42. The third-order valence-electron chi connectivity index (χ3n) is 3.57. The van der Waals surface area contributed by atoms with E-state index in [1.807, 2.05) is 38.1 Å². The number of carbonyl (C=O) groups is 1. The summed E-state index contributed by atoms with van der Waals surface area (Å²) in [4.78, 5) is 12.2. The van der Waals surface area contributed by atoms with Crippen LogP contribution in [-0.4, -0.2) is 12.5 Å². The molecule has 108 valence electrons. The molecule has 3 N–H and O–H groups in total. The molecule has 0 saturated heterocycles. The smallest absolute Gasteiger partial charge is 0.227 e. The van der Waals surface area contributed by atoms with Crippen molar-refractivity contribution in [3.63, 3.8) is 0 Å². The predicted octanol–water partition coefficient (Wildman–Crippen LogP) is 3.25. The summed E-state index contributed by atoms with van der Waals surface area (Å²) in [5.74, 6) is 0.0509. The summed E-state index contributed by atoms with van der Waals surface area (Å²) < 4.78 is 1.02. The van der Waals surface area contributed by atoms with Crippen LogP contribution in [0.4, 0.5) is 0 Å². The van der Waals surface area contributed by atoms with Crippen LogP contribution in [0.2, 0.25) is 0 Å². The fraction of sp³-hybridized carbons (Fsp3) is 0.500. The highest BCUT2D eigenvalue weighted by atomic mass is 79.9. The summed E-state index contributed by atoms with van der Waals surface area (Å²) in [6, 6.07) is 7.92. The number of hydrogen-bond acceptors (Lipinski definition) is 2. The first kappa shape index (κ1) is 18.4. The Morgan fingerprint density at radius 3 is 2.47 bits per heavy atom. The third-order valence-corrected chi connectivity index (χ3v) is 4.06. The van der Waals surface area contributed by atoms with E-state index in [9.17, 15) is 4.79 Å². The zero-order valence-corrected chi connectivity index (χ0v) is 13.8. The van der Waals surface area contributed by atoms with Gasteiger partial charge in [0.15, 0.2) is 0 Å². The summed E-state index contributed by atoms with van der Waals surface area (Å²) in [5, 5.41) is 2.98. The molecule has 1 rings (SSSR count). The summed E-state index contributed by atoms with van der Waals surface area (Å²) >= 11 is 3.42. The largest absolute Gasteiger partial charge is 0.352 e. The first-order valence-electron chi connectivity index (χ1n) is 6.30. The number of amides is 1. The Balaban J connectivity index is 0.00000324. The van der Waals surface area contributed by atoms with E-state index in [0.29, 0.717) is 13.1 Å². The van der Waals surface area contributed by atoms with Crippen molar-refractivity contribution in [2.24, 2.45) is 11.1 Å². The minimum absolute atomic E-state index is 0. The molecule has 0 bridgehead atoms. The van der Waals surface area contributed by atoms with Gasteiger partial charge < -0.3 is 11.1 Å². The third kappa shape index (κ3) is 4.79. The number of benzene rings is 1. The van der Waals surface area contributed by atoms with Gasteiger partial charge in [-0.1, -0.05) is 41.9 Å². The Morgan fingerprint density at radius 2 is 2.00 bits per heavy atom. The molecular weight excluding hydrogens is 328 g/mol. The van der Waals surface area contributed by atoms with Crippen LogP contribution in [0.25, 0.3) is 0 Å². The van der Waals surface area contributed by atoms with Crippen molar-refractivity contribution in [3.8, 4) is 0 Å². The van der Waals surface area contributed by atoms with E-state index in [0.717, 1.165) is 22.9 Å². The molecule has 0 unspecified atom stereocenters. The summed E-state index contributed by atoms with van der Waals surface area (Å²) in [7, 11) is 0. The monoisotopic (exact) mass is 348 g/mol. The van der Waals surface area contributed by atoms with Crippen LogP contribution >= 0.6 is 28.3 Å². The number of hydrogen-bond donors (Lipinski definition) is 2. The van der Waals surface area contributed by atoms with Crippen LogP contribution in [0.15, 0.2) is 28.7 Å². The fourth-order valence-corrected chi connectivity index (χ4v) is 2.42. The molecule has 19 heavy (non-hydrogen) atoms. The number of halogens is 2. The summed E-state index contributed by atoms with van der Waals surface area (Å²) in [5.41, 5.74) is 6.41. The van der Waals surface area contributed by atoms with E-state index >= 15 is 0 Å². The quantitative estimate of drug-likeness (QED) is 0.828. The molecule has 3 nitrogen and oxygen atoms in total. The van der Waals surface area contributed by atoms with Crippen LogP contribution in [0, 0.1) is 5.41 Å². The Kier molecular flexibility index (Phi) is 8.30. The van der Waals surface area contributed by atoms with Crippen molar-refractivity contribution in [1.29, 1.82) is 0 Å². The van der Waals surface area contributed by atoms with Gasteiger partial charge in [0.2, 0.25) is 5.91 Å². The lowest BCUT2D eigenvalue weighted by atomic mass is 9.81. The molecule has 0 atom stereocenters. The highest BCUT2D eigenvalue weighted by Crippen LogP contribution is 2.25. The lowest BCUT2D eigenvalue weighted by molar-refractivity contribution is -0.131. The molecule has 0 aliphatic carbocycles. The second kappa shape index (κ2) is 8.56. The Bertz CT molecular complexity index is 400. The Labute approximate surface area is 129 Å². The molecule has 1 aromatic carbocycles. The van der Waals surface area contributed by atoms with Crippen LogP contribution in [0.1, 0.15) is 32.3 Å². The molecule has 0 aromatic heterocycles. The fourth-order valence-electron chi connectivity index (χ4n) is 1.97. The van der Waals surface area contributed by atoms with Crippen molar-refractivity contribution in [2.75, 3.05) is 6.54 Å². The van der Waals surface area contributed by atoms with Gasteiger partial charge in [0.05, 0.1) is 5.41 Å². The molecule has 0 fully saturated rings. The maximum Gasteiger partial charge on any atom is 0.227 e. The van der Waals surface area contributed by atoms with Crippen LogP contribution in [0.3, 0.4) is 0 Å². The highest BCUT2D eigenvalue weighted by molar-refractivity contribution is 9.10. The van der Waals surface area contributed by atoms with Gasteiger partial charge in [0, 0.05) is 17.6 Å². The molecule has 1 amide bonds. The number of nitrogens with two attached hydrogens (primary N) is 1. The van der Waals surface area contributed by atoms with Gasteiger partial charge in [-0.3, -0.25) is 4.79 Å². The van der Waals surface area contributed by atoms with Crippen molar-refractivity contribution in [2.45, 2.75) is 33.2 Å². The topological polar surface area (TPSA) is 55.1 Å². The molecule has 0 spiro atoms. The van der Waals surface area contributed by atoms with Crippen molar-refractivity contribution in [3.05, 3.63) is 34.3 Å². The van der Waals surface area contributed by atoms with Gasteiger partial charge in [-0.15, -0.1) is 12.4 Å². The normalized spacial score (nSPS) is 10.7. The molecule has 1 aromatic rings. The number of carbonyl (C=O) groups excluding carboxylic acids is 1. The molecule has 0 saturated carbocycles. The van der Waals surface area contributed by atoms with Gasteiger partial charge in [-0.05, 0) is 30.5 Å². The van der Waals surface area contributed by atoms with Crippen molar-refractivity contribution < 1.29 is 4.79 Å². The van der Waals surface area contributed by atoms with Crippen LogP contribution in [-0.2, 0) is 11.3 Å². The zero-order valence-electron chi connectivity index (χ0n) is 11.4. The van der Waals surface area contributed by atoms with Gasteiger partial charge in [0.1, 0.15) is 0 Å². The highest BCUT2D eigenvalue weighted by Gasteiger charge is 2.32. The average Bonchev–Trinajstić information content (AvgIpc) is 2.39. The van der Waals surface area contributed by atoms with Crippen LogP contribution < -0.4 is 11.1 Å². The molecule has 5 heteroatoms. The van der Waals surface area contributed by atoms with Gasteiger partial charge in [0.25, 0.3) is 0 Å². The van der Waals surface area contributed by atoms with E-state index in [1.54, 1.807) is 0 Å². The number of rotatable bonds is 6. The van der Waals surface area contributed by atoms with Crippen molar-refractivity contribution >= 4 is 34.2 Å². The number of nitrogens with one attached hydrogen (secondary N) is 1. The average molecular weight is 350 g/mol. The predicted molar refractivity (Wildman–Crippen MR) is 85.3 cm³/mol. The molecule has 0 aliphatic rings. The zero-order chi connectivity index (χ0) is 13.6. The lowest BCUT2D eigenvalue weighted by Crippen LogP contribution is -2.45. The Hall–Kier alpha value is -0.580. The molecule has 0 heterocycles. The van der Waals surface area contributed by atoms with E-state index < -0.39 is 5.41 Å². The van der Waals surface area contributed by atoms with Crippen molar-refractivity contribution in [1.82, 2.24) is 5.32 Å². The molecular formula is C14H22BrClN2O. The molecule has 0 aliphatic heterocycles. The standard InChI is InChI=1S/C14H21BrN2O.ClH/c1-3-14(4-2,10-16)13(18)17-9-11-6-5-7-12(15)8-11;/h5-8H,3-4,9-10,16H2,1-2H3,(H,17,18);1H. The Morgan fingerprint density at radius 1 is 1.37 bits per heavy atom.